The molecule has 4 rings (SSSR count). The number of amides is 3. The minimum absolute atomic E-state index is 0.0199. The van der Waals surface area contributed by atoms with Crippen molar-refractivity contribution in [2.24, 2.45) is 5.92 Å². The molecule has 0 spiro atoms. The van der Waals surface area contributed by atoms with Gasteiger partial charge < -0.3 is 4.90 Å². The highest BCUT2D eigenvalue weighted by molar-refractivity contribution is 6.10. The van der Waals surface area contributed by atoms with Crippen molar-refractivity contribution >= 4 is 17.7 Å². The Balaban J connectivity index is 1.68. The Morgan fingerprint density at radius 2 is 2.00 bits per heavy atom. The van der Waals surface area contributed by atoms with Crippen molar-refractivity contribution in [2.45, 2.75) is 51.5 Å². The van der Waals surface area contributed by atoms with E-state index in [0.717, 1.165) is 29.5 Å². The maximum atomic E-state index is 13.8. The smallest absolute Gasteiger partial charge is 0.241 e. The number of likely N-dealkylation sites (tertiary alicyclic amines) is 2. The van der Waals surface area contributed by atoms with Crippen molar-refractivity contribution in [1.82, 2.24) is 14.8 Å². The van der Waals surface area contributed by atoms with Gasteiger partial charge in [-0.25, -0.2) is 0 Å². The molecular formula is C25H29N3O3. The predicted molar refractivity (Wildman–Crippen MR) is 117 cm³/mol. The number of piperidine rings is 1. The molecule has 0 N–H and O–H groups in total. The maximum absolute atomic E-state index is 13.8. The van der Waals surface area contributed by atoms with Crippen molar-refractivity contribution in [3.63, 3.8) is 0 Å². The minimum Gasteiger partial charge on any atom is -0.342 e. The molecule has 2 aliphatic rings. The Morgan fingerprint density at radius 1 is 1.19 bits per heavy atom. The summed E-state index contributed by atoms with van der Waals surface area (Å²) in [4.78, 5) is 47.5. The van der Waals surface area contributed by atoms with Gasteiger partial charge in [-0.15, -0.1) is 0 Å². The minimum atomic E-state index is -1.15. The molecule has 6 nitrogen and oxygen atoms in total. The van der Waals surface area contributed by atoms with Crippen LogP contribution in [0.1, 0.15) is 49.3 Å². The van der Waals surface area contributed by atoms with Gasteiger partial charge in [0.15, 0.2) is 0 Å². The number of carbonyl (C=O) groups excluding carboxylic acids is 3. The normalized spacial score (nSPS) is 24.0. The molecule has 2 aromatic rings. The van der Waals surface area contributed by atoms with Crippen LogP contribution in [0.2, 0.25) is 0 Å². The average Bonchev–Trinajstić information content (AvgIpc) is 2.99. The third kappa shape index (κ3) is 4.11. The van der Waals surface area contributed by atoms with Gasteiger partial charge in [0.1, 0.15) is 0 Å². The number of carbonyl (C=O) groups is 3. The number of rotatable bonds is 5. The lowest BCUT2D eigenvalue weighted by molar-refractivity contribution is -0.143. The zero-order chi connectivity index (χ0) is 22.0. The van der Waals surface area contributed by atoms with Gasteiger partial charge in [-0.1, -0.05) is 37.3 Å². The van der Waals surface area contributed by atoms with Crippen LogP contribution >= 0.6 is 0 Å². The molecule has 2 saturated heterocycles. The molecule has 2 atom stereocenters. The Kier molecular flexibility index (Phi) is 5.90. The molecular weight excluding hydrogens is 390 g/mol. The van der Waals surface area contributed by atoms with Crippen molar-refractivity contribution in [1.29, 1.82) is 0 Å². The topological polar surface area (TPSA) is 70.6 Å². The highest BCUT2D eigenvalue weighted by Crippen LogP contribution is 2.42. The molecule has 2 unspecified atom stereocenters. The molecule has 3 amide bonds. The second kappa shape index (κ2) is 8.61. The van der Waals surface area contributed by atoms with Crippen LogP contribution in [0.25, 0.3) is 0 Å². The van der Waals surface area contributed by atoms with E-state index >= 15 is 0 Å². The lowest BCUT2D eigenvalue weighted by Gasteiger charge is -2.35. The monoisotopic (exact) mass is 419 g/mol. The number of hydrogen-bond acceptors (Lipinski definition) is 4. The van der Waals surface area contributed by atoms with Crippen LogP contribution < -0.4 is 0 Å². The molecule has 0 aliphatic carbocycles. The first-order valence-electron chi connectivity index (χ1n) is 11.0. The largest absolute Gasteiger partial charge is 0.342 e. The van der Waals surface area contributed by atoms with Gasteiger partial charge in [-0.05, 0) is 48.4 Å². The first-order chi connectivity index (χ1) is 14.9. The van der Waals surface area contributed by atoms with E-state index < -0.39 is 5.41 Å². The lowest BCUT2D eigenvalue weighted by atomic mass is 9.73. The number of nitrogens with zero attached hydrogens (tertiary/aromatic N) is 3. The number of aromatic nitrogens is 1. The van der Waals surface area contributed by atoms with Crippen molar-refractivity contribution in [3.05, 3.63) is 65.5 Å². The molecule has 0 saturated carbocycles. The SMILES string of the molecule is Cc1ccccc1C1(CC(=O)N2CCCC(C)C2)CC(=O)N(Cc2cccnc2)C1=O. The van der Waals surface area contributed by atoms with E-state index in [9.17, 15) is 14.4 Å². The van der Waals surface area contributed by atoms with Crippen LogP contribution in [0.4, 0.5) is 0 Å². The fourth-order valence-electron chi connectivity index (χ4n) is 4.97. The van der Waals surface area contributed by atoms with Crippen molar-refractivity contribution in [3.8, 4) is 0 Å². The standard InChI is InChI=1S/C25H29N3O3/c1-18-7-6-12-27(16-18)22(29)13-25(21-10-4-3-8-19(21)2)14-23(30)28(24(25)31)17-20-9-5-11-26-15-20/h3-5,8-11,15,18H,6-7,12-14,16-17H2,1-2H3. The Hall–Kier alpha value is -3.02. The number of aryl methyl sites for hydroxylation is 1. The van der Waals surface area contributed by atoms with Gasteiger partial charge >= 0.3 is 0 Å². The highest BCUT2D eigenvalue weighted by Gasteiger charge is 2.54. The van der Waals surface area contributed by atoms with E-state index in [1.165, 1.54) is 4.90 Å². The fraction of sp³-hybridized carbons (Fsp3) is 0.440. The molecule has 2 aliphatic heterocycles. The number of imide groups is 1. The average molecular weight is 420 g/mol. The summed E-state index contributed by atoms with van der Waals surface area (Å²) in [5, 5.41) is 0. The number of hydrogen-bond donors (Lipinski definition) is 0. The van der Waals surface area contributed by atoms with Crippen molar-refractivity contribution in [2.75, 3.05) is 13.1 Å². The summed E-state index contributed by atoms with van der Waals surface area (Å²) >= 11 is 0. The van der Waals surface area contributed by atoms with Crippen LogP contribution in [0, 0.1) is 12.8 Å². The second-order valence-electron chi connectivity index (χ2n) is 8.98. The molecule has 0 bridgehead atoms. The second-order valence-corrected chi connectivity index (χ2v) is 8.98. The summed E-state index contributed by atoms with van der Waals surface area (Å²) in [7, 11) is 0. The Morgan fingerprint density at radius 3 is 2.71 bits per heavy atom. The fourth-order valence-corrected chi connectivity index (χ4v) is 4.97. The molecule has 1 aromatic heterocycles. The zero-order valence-electron chi connectivity index (χ0n) is 18.2. The van der Waals surface area contributed by atoms with E-state index in [1.54, 1.807) is 18.5 Å². The quantitative estimate of drug-likeness (QED) is 0.698. The van der Waals surface area contributed by atoms with E-state index in [4.69, 9.17) is 0 Å². The molecule has 0 radical (unpaired) electrons. The zero-order valence-corrected chi connectivity index (χ0v) is 18.2. The summed E-state index contributed by atoms with van der Waals surface area (Å²) in [6.07, 6.45) is 5.46. The van der Waals surface area contributed by atoms with Gasteiger partial charge in [-0.2, -0.15) is 0 Å². The molecule has 31 heavy (non-hydrogen) atoms. The van der Waals surface area contributed by atoms with Gasteiger partial charge in [0.25, 0.3) is 0 Å². The Labute approximate surface area is 183 Å². The van der Waals surface area contributed by atoms with E-state index in [1.807, 2.05) is 42.2 Å². The highest BCUT2D eigenvalue weighted by atomic mass is 16.2. The van der Waals surface area contributed by atoms with E-state index in [-0.39, 0.29) is 37.1 Å². The summed E-state index contributed by atoms with van der Waals surface area (Å²) in [5.41, 5.74) is 1.34. The maximum Gasteiger partial charge on any atom is 0.241 e. The van der Waals surface area contributed by atoms with Crippen LogP contribution in [0.15, 0.2) is 48.8 Å². The molecule has 162 valence electrons. The van der Waals surface area contributed by atoms with Crippen LogP contribution in [-0.2, 0) is 26.3 Å². The summed E-state index contributed by atoms with van der Waals surface area (Å²) < 4.78 is 0. The van der Waals surface area contributed by atoms with Gasteiger partial charge in [-0.3, -0.25) is 24.3 Å². The van der Waals surface area contributed by atoms with Crippen molar-refractivity contribution < 1.29 is 14.4 Å². The lowest BCUT2D eigenvalue weighted by Crippen LogP contribution is -2.46. The predicted octanol–water partition coefficient (Wildman–Crippen LogP) is 3.24. The molecule has 3 heterocycles. The first kappa shape index (κ1) is 21.2. The molecule has 1 aromatic carbocycles. The first-order valence-corrected chi connectivity index (χ1v) is 11.0. The van der Waals surface area contributed by atoms with Crippen LogP contribution in [0.3, 0.4) is 0 Å². The third-order valence-electron chi connectivity index (χ3n) is 6.60. The van der Waals surface area contributed by atoms with E-state index in [0.29, 0.717) is 19.0 Å². The summed E-state index contributed by atoms with van der Waals surface area (Å²) in [5.74, 6) is -0.111. The molecule has 6 heteroatoms. The Bertz CT molecular complexity index is 991. The van der Waals surface area contributed by atoms with Gasteiger partial charge in [0.05, 0.1) is 12.0 Å². The number of pyridine rings is 1. The summed E-state index contributed by atoms with van der Waals surface area (Å²) in [6.45, 7) is 5.69. The van der Waals surface area contributed by atoms with Crippen LogP contribution in [-0.4, -0.2) is 45.6 Å². The van der Waals surface area contributed by atoms with Crippen LogP contribution in [0.5, 0.6) is 0 Å². The third-order valence-corrected chi connectivity index (χ3v) is 6.60. The van der Waals surface area contributed by atoms with Gasteiger partial charge in [0.2, 0.25) is 17.7 Å². The summed E-state index contributed by atoms with van der Waals surface area (Å²) in [6, 6.07) is 11.2. The van der Waals surface area contributed by atoms with E-state index in [2.05, 4.69) is 11.9 Å². The molecule has 2 fully saturated rings. The van der Waals surface area contributed by atoms with Gasteiger partial charge in [0, 0.05) is 38.3 Å². The number of benzene rings is 1.